The molecule has 0 bridgehead atoms. The molecule has 0 saturated carbocycles. The van der Waals surface area contributed by atoms with Gasteiger partial charge in [0.1, 0.15) is 0 Å². The van der Waals surface area contributed by atoms with Crippen molar-refractivity contribution in [3.05, 3.63) is 35.4 Å². The Morgan fingerprint density at radius 1 is 1.29 bits per heavy atom. The summed E-state index contributed by atoms with van der Waals surface area (Å²) >= 11 is 0. The maximum Gasteiger partial charge on any atom is 0.0575 e. The van der Waals surface area contributed by atoms with Gasteiger partial charge in [-0.25, -0.2) is 0 Å². The monoisotopic (exact) mass is 234 g/mol. The van der Waals surface area contributed by atoms with Crippen molar-refractivity contribution in [2.75, 3.05) is 19.8 Å². The maximum absolute atomic E-state index is 6.31. The van der Waals surface area contributed by atoms with Crippen LogP contribution in [0.15, 0.2) is 24.3 Å². The topological polar surface area (TPSA) is 61.3 Å². The number of hydrogen-bond donors (Lipinski definition) is 2. The van der Waals surface area contributed by atoms with E-state index in [0.29, 0.717) is 19.8 Å². The number of benzene rings is 1. The number of ether oxygens (including phenoxy) is 1. The van der Waals surface area contributed by atoms with E-state index >= 15 is 0 Å². The van der Waals surface area contributed by atoms with Gasteiger partial charge in [0.15, 0.2) is 0 Å². The third kappa shape index (κ3) is 2.37. The quantitative estimate of drug-likeness (QED) is 0.813. The Morgan fingerprint density at radius 3 is 2.35 bits per heavy atom. The number of nitrogens with two attached hydrogens (primary N) is 2. The Morgan fingerprint density at radius 2 is 1.94 bits per heavy atom. The average molecular weight is 234 g/mol. The van der Waals surface area contributed by atoms with Crippen LogP contribution in [0.4, 0.5) is 0 Å². The van der Waals surface area contributed by atoms with E-state index in [1.807, 2.05) is 0 Å². The molecule has 1 unspecified atom stereocenters. The first-order valence-electron chi connectivity index (χ1n) is 6.34. The van der Waals surface area contributed by atoms with Crippen LogP contribution in [0.3, 0.4) is 0 Å². The van der Waals surface area contributed by atoms with E-state index in [0.717, 1.165) is 6.42 Å². The molecule has 1 aliphatic rings. The summed E-state index contributed by atoms with van der Waals surface area (Å²) in [6.07, 6.45) is 2.30. The zero-order valence-electron chi connectivity index (χ0n) is 10.5. The molecule has 1 fully saturated rings. The molecule has 94 valence electrons. The molecule has 0 spiro atoms. The van der Waals surface area contributed by atoms with Crippen molar-refractivity contribution in [2.45, 2.75) is 25.8 Å². The van der Waals surface area contributed by atoms with E-state index in [4.69, 9.17) is 16.2 Å². The third-order valence-corrected chi connectivity index (χ3v) is 3.72. The fourth-order valence-electron chi connectivity index (χ4n) is 2.32. The highest BCUT2D eigenvalue weighted by molar-refractivity contribution is 5.27. The maximum atomic E-state index is 6.31. The van der Waals surface area contributed by atoms with E-state index in [2.05, 4.69) is 31.2 Å². The van der Waals surface area contributed by atoms with Gasteiger partial charge >= 0.3 is 0 Å². The Hall–Kier alpha value is -0.900. The fourth-order valence-corrected chi connectivity index (χ4v) is 2.32. The second-order valence-electron chi connectivity index (χ2n) is 5.03. The molecule has 4 N–H and O–H groups in total. The van der Waals surface area contributed by atoms with Gasteiger partial charge < -0.3 is 16.2 Å². The summed E-state index contributed by atoms with van der Waals surface area (Å²) < 4.78 is 5.27. The molecular formula is C14H22N2O. The molecule has 0 amide bonds. The summed E-state index contributed by atoms with van der Waals surface area (Å²) in [4.78, 5) is 0. The minimum Gasteiger partial charge on any atom is -0.380 e. The smallest absolute Gasteiger partial charge is 0.0575 e. The van der Waals surface area contributed by atoms with E-state index in [-0.39, 0.29) is 11.5 Å². The zero-order valence-corrected chi connectivity index (χ0v) is 10.5. The highest BCUT2D eigenvalue weighted by Gasteiger charge is 2.43. The van der Waals surface area contributed by atoms with Crippen LogP contribution >= 0.6 is 0 Å². The molecule has 0 radical (unpaired) electrons. The number of rotatable bonds is 5. The molecule has 0 aromatic heterocycles. The minimum absolute atomic E-state index is 0.0167. The van der Waals surface area contributed by atoms with Crippen LogP contribution in [0, 0.1) is 5.41 Å². The van der Waals surface area contributed by atoms with E-state index < -0.39 is 0 Å². The van der Waals surface area contributed by atoms with Crippen LogP contribution in [0.25, 0.3) is 0 Å². The highest BCUT2D eigenvalue weighted by Crippen LogP contribution is 2.38. The van der Waals surface area contributed by atoms with Crippen LogP contribution in [-0.2, 0) is 11.2 Å². The number of hydrogen-bond acceptors (Lipinski definition) is 3. The first kappa shape index (κ1) is 12.6. The van der Waals surface area contributed by atoms with Crippen LogP contribution in [-0.4, -0.2) is 19.8 Å². The second kappa shape index (κ2) is 5.17. The number of aryl methyl sites for hydroxylation is 1. The van der Waals surface area contributed by atoms with Gasteiger partial charge in [-0.05, 0) is 17.5 Å². The van der Waals surface area contributed by atoms with Gasteiger partial charge in [0.2, 0.25) is 0 Å². The molecule has 1 aliphatic heterocycles. The van der Waals surface area contributed by atoms with Crippen molar-refractivity contribution in [1.29, 1.82) is 0 Å². The molecule has 1 aromatic rings. The van der Waals surface area contributed by atoms with Crippen molar-refractivity contribution in [3.63, 3.8) is 0 Å². The van der Waals surface area contributed by atoms with Crippen molar-refractivity contribution in [1.82, 2.24) is 0 Å². The molecule has 1 heterocycles. The second-order valence-corrected chi connectivity index (χ2v) is 5.03. The summed E-state index contributed by atoms with van der Waals surface area (Å²) in [5, 5.41) is 0. The van der Waals surface area contributed by atoms with Crippen LogP contribution in [0.1, 0.15) is 30.5 Å². The predicted molar refractivity (Wildman–Crippen MR) is 69.7 cm³/mol. The van der Waals surface area contributed by atoms with Gasteiger partial charge in [0.25, 0.3) is 0 Å². The highest BCUT2D eigenvalue weighted by atomic mass is 16.5. The molecule has 17 heavy (non-hydrogen) atoms. The molecule has 2 rings (SSSR count). The van der Waals surface area contributed by atoms with Crippen LogP contribution in [0.5, 0.6) is 0 Å². The summed E-state index contributed by atoms with van der Waals surface area (Å²) in [5.74, 6) is 0. The van der Waals surface area contributed by atoms with Crippen LogP contribution in [0.2, 0.25) is 0 Å². The standard InChI is InChI=1S/C14H22N2O/c1-2-3-11-4-6-12(7-5-11)13(16)14(8-15)9-17-10-14/h4-7,13H,2-3,8-10,15-16H2,1H3. The van der Waals surface area contributed by atoms with Gasteiger partial charge in [-0.1, -0.05) is 37.6 Å². The summed E-state index contributed by atoms with van der Waals surface area (Å²) in [6, 6.07) is 8.58. The molecule has 0 aliphatic carbocycles. The lowest BCUT2D eigenvalue weighted by Crippen LogP contribution is -2.54. The van der Waals surface area contributed by atoms with E-state index in [1.165, 1.54) is 17.5 Å². The SMILES string of the molecule is CCCc1ccc(C(N)C2(CN)COC2)cc1. The van der Waals surface area contributed by atoms with Gasteiger partial charge in [0, 0.05) is 18.0 Å². The van der Waals surface area contributed by atoms with Crippen LogP contribution < -0.4 is 11.5 Å². The van der Waals surface area contributed by atoms with Crippen molar-refractivity contribution >= 4 is 0 Å². The summed E-state index contributed by atoms with van der Waals surface area (Å²) in [6.45, 7) is 4.14. The average Bonchev–Trinajstić information content (AvgIpc) is 2.29. The van der Waals surface area contributed by atoms with Crippen molar-refractivity contribution in [2.24, 2.45) is 16.9 Å². The first-order valence-corrected chi connectivity index (χ1v) is 6.34. The van der Waals surface area contributed by atoms with E-state index in [1.54, 1.807) is 0 Å². The Bertz CT molecular complexity index is 351. The summed E-state index contributed by atoms with van der Waals surface area (Å²) in [7, 11) is 0. The lowest BCUT2D eigenvalue weighted by Gasteiger charge is -2.45. The first-order chi connectivity index (χ1) is 8.22. The minimum atomic E-state index is -0.0493. The lowest BCUT2D eigenvalue weighted by molar-refractivity contribution is -0.121. The van der Waals surface area contributed by atoms with E-state index in [9.17, 15) is 0 Å². The lowest BCUT2D eigenvalue weighted by atomic mass is 9.75. The van der Waals surface area contributed by atoms with Gasteiger partial charge in [-0.3, -0.25) is 0 Å². The Balaban J connectivity index is 2.11. The zero-order chi connectivity index (χ0) is 12.3. The largest absolute Gasteiger partial charge is 0.380 e. The van der Waals surface area contributed by atoms with Crippen molar-refractivity contribution in [3.8, 4) is 0 Å². The van der Waals surface area contributed by atoms with Gasteiger partial charge in [-0.15, -0.1) is 0 Å². The molecule has 1 saturated heterocycles. The molecule has 3 nitrogen and oxygen atoms in total. The molecule has 3 heteroatoms. The normalized spacial score (nSPS) is 19.7. The van der Waals surface area contributed by atoms with Gasteiger partial charge in [-0.2, -0.15) is 0 Å². The predicted octanol–water partition coefficient (Wildman–Crippen LogP) is 1.61. The summed E-state index contributed by atoms with van der Waals surface area (Å²) in [5.41, 5.74) is 14.6. The van der Waals surface area contributed by atoms with Crippen molar-refractivity contribution < 1.29 is 4.74 Å². The third-order valence-electron chi connectivity index (χ3n) is 3.72. The molecular weight excluding hydrogens is 212 g/mol. The molecule has 1 atom stereocenters. The fraction of sp³-hybridized carbons (Fsp3) is 0.571. The van der Waals surface area contributed by atoms with Gasteiger partial charge in [0.05, 0.1) is 13.2 Å². The Kier molecular flexibility index (Phi) is 3.82. The Labute approximate surface area is 103 Å². The molecule has 1 aromatic carbocycles.